The Bertz CT molecular complexity index is 399. The Kier molecular flexibility index (Phi) is 6.57. The van der Waals surface area contributed by atoms with Crippen molar-refractivity contribution in [1.29, 1.82) is 0 Å². The van der Waals surface area contributed by atoms with Crippen LogP contribution >= 0.6 is 0 Å². The molecule has 0 aliphatic heterocycles. The molecule has 0 saturated heterocycles. The Morgan fingerprint density at radius 1 is 1.47 bits per heavy atom. The topological polar surface area (TPSA) is 28.2 Å². The molecule has 1 heterocycles. The lowest BCUT2D eigenvalue weighted by atomic mass is 10.1. The lowest BCUT2D eigenvalue weighted by Gasteiger charge is -2.25. The summed E-state index contributed by atoms with van der Waals surface area (Å²) in [7, 11) is 0. The van der Waals surface area contributed by atoms with Crippen LogP contribution in [0.1, 0.15) is 33.3 Å². The van der Waals surface area contributed by atoms with Gasteiger partial charge in [0.25, 0.3) is 0 Å². The summed E-state index contributed by atoms with van der Waals surface area (Å²) in [4.78, 5) is 6.59. The molecule has 0 radical (unpaired) electrons. The first-order valence-corrected chi connectivity index (χ1v) is 7.07. The molecule has 0 unspecified atom stereocenters. The van der Waals surface area contributed by atoms with Crippen molar-refractivity contribution in [2.24, 2.45) is 5.92 Å². The quantitative estimate of drug-likeness (QED) is 0.728. The Hall–Kier alpha value is -1.35. The molecule has 1 aromatic rings. The molecule has 3 nitrogen and oxygen atoms in total. The highest BCUT2D eigenvalue weighted by atomic mass is 15.1. The zero-order valence-electron chi connectivity index (χ0n) is 12.7. The molecule has 0 aliphatic rings. The van der Waals surface area contributed by atoms with Crippen LogP contribution in [-0.4, -0.2) is 24.6 Å². The molecule has 3 heteroatoms. The second kappa shape index (κ2) is 7.95. The van der Waals surface area contributed by atoms with Gasteiger partial charge in [-0.1, -0.05) is 26.0 Å². The summed E-state index contributed by atoms with van der Waals surface area (Å²) in [5.41, 5.74) is 3.69. The minimum atomic E-state index is 0.669. The van der Waals surface area contributed by atoms with E-state index in [1.54, 1.807) is 0 Å². The number of likely N-dealkylation sites (N-methyl/N-ethyl adjacent to an activating group) is 1. The van der Waals surface area contributed by atoms with Crippen LogP contribution in [-0.2, 0) is 6.54 Å². The van der Waals surface area contributed by atoms with Gasteiger partial charge in [-0.3, -0.25) is 4.98 Å². The van der Waals surface area contributed by atoms with E-state index in [0.29, 0.717) is 5.92 Å². The van der Waals surface area contributed by atoms with Crippen LogP contribution in [0.25, 0.3) is 0 Å². The van der Waals surface area contributed by atoms with Crippen LogP contribution in [0.3, 0.4) is 0 Å². The van der Waals surface area contributed by atoms with E-state index in [2.05, 4.69) is 55.5 Å². The lowest BCUT2D eigenvalue weighted by molar-refractivity contribution is 0.552. The van der Waals surface area contributed by atoms with Crippen LogP contribution < -0.4 is 10.2 Å². The second-order valence-electron chi connectivity index (χ2n) is 5.50. The summed E-state index contributed by atoms with van der Waals surface area (Å²) < 4.78 is 0. The molecular formula is C16H27N3. The standard InChI is InChI=1S/C16H27N3/c1-6-19(12-14(4)5)16-11-17-8-7-15(16)10-18-9-13(2)3/h7-8,11,13,18H,4,6,9-10,12H2,1-3,5H3. The van der Waals surface area contributed by atoms with Crippen molar-refractivity contribution in [2.75, 3.05) is 24.5 Å². The molecule has 0 aromatic carbocycles. The maximum absolute atomic E-state index is 4.27. The van der Waals surface area contributed by atoms with Gasteiger partial charge in [-0.05, 0) is 37.9 Å². The molecule has 106 valence electrons. The number of hydrogen-bond donors (Lipinski definition) is 1. The average Bonchev–Trinajstić information content (AvgIpc) is 2.36. The third-order valence-electron chi connectivity index (χ3n) is 2.94. The monoisotopic (exact) mass is 261 g/mol. The van der Waals surface area contributed by atoms with Crippen molar-refractivity contribution in [3.8, 4) is 0 Å². The van der Waals surface area contributed by atoms with Crippen LogP contribution in [0.15, 0.2) is 30.6 Å². The van der Waals surface area contributed by atoms with Gasteiger partial charge in [0, 0.05) is 25.8 Å². The lowest BCUT2D eigenvalue weighted by Crippen LogP contribution is -2.27. The normalized spacial score (nSPS) is 10.8. The van der Waals surface area contributed by atoms with E-state index in [-0.39, 0.29) is 0 Å². The van der Waals surface area contributed by atoms with E-state index in [1.807, 2.05) is 12.4 Å². The fourth-order valence-corrected chi connectivity index (χ4v) is 2.04. The predicted molar refractivity (Wildman–Crippen MR) is 83.5 cm³/mol. The smallest absolute Gasteiger partial charge is 0.0601 e. The van der Waals surface area contributed by atoms with Crippen molar-refractivity contribution in [2.45, 2.75) is 34.2 Å². The molecule has 19 heavy (non-hydrogen) atoms. The van der Waals surface area contributed by atoms with Gasteiger partial charge in [-0.15, -0.1) is 0 Å². The number of pyridine rings is 1. The zero-order valence-corrected chi connectivity index (χ0v) is 12.7. The molecule has 0 fully saturated rings. The maximum atomic E-state index is 4.27. The molecule has 0 aliphatic carbocycles. The molecule has 1 rings (SSSR count). The Morgan fingerprint density at radius 3 is 2.79 bits per heavy atom. The summed E-state index contributed by atoms with van der Waals surface area (Å²) in [5.74, 6) is 0.669. The van der Waals surface area contributed by atoms with E-state index >= 15 is 0 Å². The van der Waals surface area contributed by atoms with E-state index in [1.165, 1.54) is 16.8 Å². The van der Waals surface area contributed by atoms with Gasteiger partial charge in [0.15, 0.2) is 0 Å². The van der Waals surface area contributed by atoms with Gasteiger partial charge in [0.2, 0.25) is 0 Å². The Labute approximate surface area is 117 Å². The van der Waals surface area contributed by atoms with Crippen LogP contribution in [0.4, 0.5) is 5.69 Å². The first-order valence-electron chi connectivity index (χ1n) is 7.07. The largest absolute Gasteiger partial charge is 0.366 e. The highest BCUT2D eigenvalue weighted by Gasteiger charge is 2.09. The number of anilines is 1. The molecule has 0 bridgehead atoms. The summed E-state index contributed by atoms with van der Waals surface area (Å²) in [6, 6.07) is 2.10. The van der Waals surface area contributed by atoms with Gasteiger partial charge in [-0.25, -0.2) is 0 Å². The molecule has 0 amide bonds. The maximum Gasteiger partial charge on any atom is 0.0601 e. The van der Waals surface area contributed by atoms with E-state index < -0.39 is 0 Å². The van der Waals surface area contributed by atoms with E-state index in [9.17, 15) is 0 Å². The third kappa shape index (κ3) is 5.43. The molecule has 0 saturated carbocycles. The predicted octanol–water partition coefficient (Wildman–Crippen LogP) is 3.23. The zero-order chi connectivity index (χ0) is 14.3. The third-order valence-corrected chi connectivity index (χ3v) is 2.94. The van der Waals surface area contributed by atoms with Crippen LogP contribution in [0, 0.1) is 5.92 Å². The summed E-state index contributed by atoms with van der Waals surface area (Å²) in [6.07, 6.45) is 3.82. The number of aromatic nitrogens is 1. The van der Waals surface area contributed by atoms with Gasteiger partial charge >= 0.3 is 0 Å². The van der Waals surface area contributed by atoms with Gasteiger partial charge in [0.1, 0.15) is 0 Å². The minimum absolute atomic E-state index is 0.669. The fourth-order valence-electron chi connectivity index (χ4n) is 2.04. The van der Waals surface area contributed by atoms with Crippen LogP contribution in [0.2, 0.25) is 0 Å². The van der Waals surface area contributed by atoms with Crippen molar-refractivity contribution in [3.63, 3.8) is 0 Å². The average molecular weight is 261 g/mol. The fraction of sp³-hybridized carbons (Fsp3) is 0.562. The van der Waals surface area contributed by atoms with E-state index in [0.717, 1.165) is 26.2 Å². The summed E-state index contributed by atoms with van der Waals surface area (Å²) in [5, 5.41) is 3.50. The summed E-state index contributed by atoms with van der Waals surface area (Å²) >= 11 is 0. The van der Waals surface area contributed by atoms with Gasteiger partial charge in [0.05, 0.1) is 11.9 Å². The van der Waals surface area contributed by atoms with Crippen molar-refractivity contribution in [1.82, 2.24) is 10.3 Å². The van der Waals surface area contributed by atoms with Crippen molar-refractivity contribution < 1.29 is 0 Å². The summed E-state index contributed by atoms with van der Waals surface area (Å²) in [6.45, 7) is 16.5. The number of nitrogens with one attached hydrogen (secondary N) is 1. The first kappa shape index (κ1) is 15.7. The molecule has 1 aromatic heterocycles. The molecular weight excluding hydrogens is 234 g/mol. The highest BCUT2D eigenvalue weighted by Crippen LogP contribution is 2.19. The number of rotatable bonds is 8. The SMILES string of the molecule is C=C(C)CN(CC)c1cnccc1CNCC(C)C. The highest BCUT2D eigenvalue weighted by molar-refractivity contribution is 5.52. The van der Waals surface area contributed by atoms with E-state index in [4.69, 9.17) is 0 Å². The number of hydrogen-bond acceptors (Lipinski definition) is 3. The van der Waals surface area contributed by atoms with Crippen molar-refractivity contribution in [3.05, 3.63) is 36.2 Å². The molecule has 0 atom stereocenters. The number of nitrogens with zero attached hydrogens (tertiary/aromatic N) is 2. The Morgan fingerprint density at radius 2 is 2.21 bits per heavy atom. The first-order chi connectivity index (χ1) is 9.04. The Balaban J connectivity index is 2.78. The molecule has 0 spiro atoms. The minimum Gasteiger partial charge on any atom is -0.366 e. The second-order valence-corrected chi connectivity index (χ2v) is 5.50. The van der Waals surface area contributed by atoms with Crippen molar-refractivity contribution >= 4 is 5.69 Å². The van der Waals surface area contributed by atoms with Gasteiger partial charge in [-0.2, -0.15) is 0 Å². The van der Waals surface area contributed by atoms with Gasteiger partial charge < -0.3 is 10.2 Å². The van der Waals surface area contributed by atoms with Crippen LogP contribution in [0.5, 0.6) is 0 Å². The molecule has 1 N–H and O–H groups in total.